The molecule has 1 aromatic heterocycles. The molecule has 1 N–H and O–H groups in total. The number of fused-ring (bicyclic) bond motifs is 1. The molecule has 0 aliphatic carbocycles. The predicted octanol–water partition coefficient (Wildman–Crippen LogP) is 2.78. The zero-order valence-electron chi connectivity index (χ0n) is 6.10. The van der Waals surface area contributed by atoms with Crippen LogP contribution in [-0.2, 0) is 6.42 Å². The quantitative estimate of drug-likeness (QED) is 0.687. The number of aromatic nitrogens is 1. The van der Waals surface area contributed by atoms with Gasteiger partial charge in [0.25, 0.3) is 0 Å². The number of rotatable bonds is 0. The lowest BCUT2D eigenvalue weighted by atomic mass is 10.2. The second-order valence-corrected chi connectivity index (χ2v) is 3.23. The Morgan fingerprint density at radius 1 is 1.42 bits per heavy atom. The normalized spacial score (nSPS) is 13.2. The number of nitrogens with zero attached hydrogens (tertiary/aromatic N) is 1. The molecule has 0 fully saturated rings. The van der Waals surface area contributed by atoms with Gasteiger partial charge in [-0.2, -0.15) is 0 Å². The number of halogens is 3. The van der Waals surface area contributed by atoms with Crippen LogP contribution in [0.15, 0.2) is 6.07 Å². The second kappa shape index (κ2) is 3.69. The van der Waals surface area contributed by atoms with Crippen molar-refractivity contribution in [1.82, 2.24) is 4.98 Å². The molecule has 0 bridgehead atoms. The maximum absolute atomic E-state index is 5.91. The van der Waals surface area contributed by atoms with Gasteiger partial charge in [0.15, 0.2) is 0 Å². The average molecular weight is 226 g/mol. The second-order valence-electron chi connectivity index (χ2n) is 2.43. The molecule has 0 amide bonds. The van der Waals surface area contributed by atoms with E-state index >= 15 is 0 Å². The van der Waals surface area contributed by atoms with E-state index in [0.29, 0.717) is 10.2 Å². The van der Waals surface area contributed by atoms with Gasteiger partial charge >= 0.3 is 0 Å². The Hall–Kier alpha value is -0.180. The van der Waals surface area contributed by atoms with Gasteiger partial charge in [-0.15, -0.1) is 12.4 Å². The van der Waals surface area contributed by atoms with E-state index < -0.39 is 0 Å². The van der Waals surface area contributed by atoms with Crippen LogP contribution in [-0.4, -0.2) is 11.5 Å². The van der Waals surface area contributed by atoms with Gasteiger partial charge in [0.2, 0.25) is 0 Å². The van der Waals surface area contributed by atoms with E-state index in [4.69, 9.17) is 23.2 Å². The smallest absolute Gasteiger partial charge is 0.132 e. The molecule has 1 aromatic rings. The van der Waals surface area contributed by atoms with Crippen molar-refractivity contribution < 1.29 is 0 Å². The highest BCUT2D eigenvalue weighted by atomic mass is 35.5. The fourth-order valence-electron chi connectivity index (χ4n) is 1.20. The summed E-state index contributed by atoms with van der Waals surface area (Å²) < 4.78 is 0. The van der Waals surface area contributed by atoms with Crippen LogP contribution in [0.3, 0.4) is 0 Å². The molecule has 0 atom stereocenters. The van der Waals surface area contributed by atoms with Gasteiger partial charge in [-0.25, -0.2) is 4.98 Å². The number of nitrogens with one attached hydrogen (secondary N) is 1. The van der Waals surface area contributed by atoms with Crippen LogP contribution in [0.5, 0.6) is 0 Å². The van der Waals surface area contributed by atoms with Crippen molar-refractivity contribution in [2.45, 2.75) is 6.42 Å². The van der Waals surface area contributed by atoms with Gasteiger partial charge in [0.05, 0.1) is 5.02 Å². The molecule has 1 aliphatic heterocycles. The Labute approximate surface area is 86.7 Å². The fraction of sp³-hybridized carbons (Fsp3) is 0.286. The topological polar surface area (TPSA) is 24.9 Å². The van der Waals surface area contributed by atoms with Gasteiger partial charge in [-0.3, -0.25) is 0 Å². The molecule has 0 unspecified atom stereocenters. The monoisotopic (exact) mass is 224 g/mol. The standard InChI is InChI=1S/C7H6Cl2N2.ClH/c8-5-3-6(9)11-7-4(5)1-2-10-7;/h3H,1-2H2,(H,10,11);1H. The zero-order chi connectivity index (χ0) is 7.84. The predicted molar refractivity (Wildman–Crippen MR) is 53.7 cm³/mol. The van der Waals surface area contributed by atoms with E-state index in [1.54, 1.807) is 6.07 Å². The maximum Gasteiger partial charge on any atom is 0.132 e. The minimum atomic E-state index is 0. The zero-order valence-corrected chi connectivity index (χ0v) is 8.43. The molecule has 1 aliphatic rings. The van der Waals surface area contributed by atoms with E-state index in [1.807, 2.05) is 0 Å². The van der Waals surface area contributed by atoms with Gasteiger partial charge in [0, 0.05) is 12.1 Å². The molecular formula is C7H7Cl3N2. The fourth-order valence-corrected chi connectivity index (χ4v) is 1.74. The lowest BCUT2D eigenvalue weighted by Crippen LogP contribution is -1.92. The molecule has 12 heavy (non-hydrogen) atoms. The van der Waals surface area contributed by atoms with Crippen LogP contribution < -0.4 is 5.32 Å². The Bertz CT molecular complexity index is 301. The number of anilines is 1. The third-order valence-corrected chi connectivity index (χ3v) is 2.24. The van der Waals surface area contributed by atoms with Crippen molar-refractivity contribution in [3.8, 4) is 0 Å². The van der Waals surface area contributed by atoms with Crippen molar-refractivity contribution in [3.63, 3.8) is 0 Å². The maximum atomic E-state index is 5.91. The highest BCUT2D eigenvalue weighted by molar-refractivity contribution is 6.34. The van der Waals surface area contributed by atoms with E-state index in [0.717, 1.165) is 24.3 Å². The van der Waals surface area contributed by atoms with E-state index in [2.05, 4.69) is 10.3 Å². The highest BCUT2D eigenvalue weighted by Crippen LogP contribution is 2.29. The molecular weight excluding hydrogens is 218 g/mol. The lowest BCUT2D eigenvalue weighted by molar-refractivity contribution is 1.11. The summed E-state index contributed by atoms with van der Waals surface area (Å²) in [5.74, 6) is 0.836. The summed E-state index contributed by atoms with van der Waals surface area (Å²) in [6.07, 6.45) is 0.943. The molecule has 0 saturated carbocycles. The third kappa shape index (κ3) is 1.60. The summed E-state index contributed by atoms with van der Waals surface area (Å²) in [6, 6.07) is 1.68. The highest BCUT2D eigenvalue weighted by Gasteiger charge is 2.15. The van der Waals surface area contributed by atoms with Crippen molar-refractivity contribution in [3.05, 3.63) is 21.8 Å². The number of hydrogen-bond acceptors (Lipinski definition) is 2. The first-order chi connectivity index (χ1) is 5.27. The van der Waals surface area contributed by atoms with E-state index in [-0.39, 0.29) is 12.4 Å². The number of hydrogen-bond donors (Lipinski definition) is 1. The first-order valence-corrected chi connectivity index (χ1v) is 4.12. The third-order valence-electron chi connectivity index (χ3n) is 1.71. The van der Waals surface area contributed by atoms with Gasteiger partial charge in [-0.05, 0) is 12.5 Å². The number of pyridine rings is 1. The van der Waals surface area contributed by atoms with Crippen molar-refractivity contribution >= 4 is 41.4 Å². The largest absolute Gasteiger partial charge is 0.369 e. The first-order valence-electron chi connectivity index (χ1n) is 3.36. The molecule has 0 saturated heterocycles. The Kier molecular flexibility index (Phi) is 3.04. The molecule has 2 rings (SSSR count). The summed E-state index contributed by atoms with van der Waals surface area (Å²) in [4.78, 5) is 4.08. The summed E-state index contributed by atoms with van der Waals surface area (Å²) >= 11 is 11.6. The first kappa shape index (κ1) is 9.90. The van der Waals surface area contributed by atoms with Crippen LogP contribution in [0.1, 0.15) is 5.56 Å². The Balaban J connectivity index is 0.000000720. The Morgan fingerprint density at radius 2 is 2.17 bits per heavy atom. The van der Waals surface area contributed by atoms with Gasteiger partial charge in [0.1, 0.15) is 11.0 Å². The molecule has 0 radical (unpaired) electrons. The average Bonchev–Trinajstić information content (AvgIpc) is 2.34. The minimum absolute atomic E-state index is 0. The molecule has 0 spiro atoms. The van der Waals surface area contributed by atoms with Crippen LogP contribution in [0.2, 0.25) is 10.2 Å². The van der Waals surface area contributed by atoms with E-state index in [9.17, 15) is 0 Å². The molecule has 5 heteroatoms. The van der Waals surface area contributed by atoms with Gasteiger partial charge < -0.3 is 5.32 Å². The van der Waals surface area contributed by atoms with Crippen LogP contribution >= 0.6 is 35.6 Å². The minimum Gasteiger partial charge on any atom is -0.369 e. The summed E-state index contributed by atoms with van der Waals surface area (Å²) in [6.45, 7) is 0.905. The van der Waals surface area contributed by atoms with Crippen molar-refractivity contribution in [1.29, 1.82) is 0 Å². The van der Waals surface area contributed by atoms with Crippen LogP contribution in [0.25, 0.3) is 0 Å². The molecule has 0 aromatic carbocycles. The molecule has 2 heterocycles. The Morgan fingerprint density at radius 3 is 2.92 bits per heavy atom. The molecule has 2 nitrogen and oxygen atoms in total. The van der Waals surface area contributed by atoms with Gasteiger partial charge in [-0.1, -0.05) is 23.2 Å². The van der Waals surface area contributed by atoms with Crippen LogP contribution in [0, 0.1) is 0 Å². The summed E-state index contributed by atoms with van der Waals surface area (Å²) in [7, 11) is 0. The van der Waals surface area contributed by atoms with Crippen LogP contribution in [0.4, 0.5) is 5.82 Å². The molecule has 66 valence electrons. The van der Waals surface area contributed by atoms with E-state index in [1.165, 1.54) is 0 Å². The van der Waals surface area contributed by atoms with Crippen molar-refractivity contribution in [2.75, 3.05) is 11.9 Å². The summed E-state index contributed by atoms with van der Waals surface area (Å²) in [5, 5.41) is 4.26. The lowest BCUT2D eigenvalue weighted by Gasteiger charge is -2.00. The summed E-state index contributed by atoms with van der Waals surface area (Å²) in [5.41, 5.74) is 1.08. The SMILES string of the molecule is Cl.Clc1cc(Cl)c2c(n1)NCC2. The van der Waals surface area contributed by atoms with Crippen molar-refractivity contribution in [2.24, 2.45) is 0 Å².